The second kappa shape index (κ2) is 8.24. The Balaban J connectivity index is 2.33. The maximum atomic E-state index is 14.4. The number of hydrogen-bond acceptors (Lipinski definition) is 5. The van der Waals surface area contributed by atoms with Gasteiger partial charge >= 0.3 is 11.9 Å². The first-order valence-electron chi connectivity index (χ1n) is 8.54. The van der Waals surface area contributed by atoms with E-state index in [0.29, 0.717) is 15.9 Å². The maximum absolute atomic E-state index is 14.4. The molecular formula is C22H19O5P. The van der Waals surface area contributed by atoms with Crippen LogP contribution in [0.1, 0.15) is 20.7 Å². The largest absolute Gasteiger partial charge is 0.465 e. The number of benzene rings is 3. The lowest BCUT2D eigenvalue weighted by atomic mass is 10.1. The lowest BCUT2D eigenvalue weighted by Gasteiger charge is -2.21. The van der Waals surface area contributed by atoms with E-state index < -0.39 is 19.1 Å². The third-order valence-electron chi connectivity index (χ3n) is 4.36. The normalized spacial score (nSPS) is 10.9. The molecule has 0 aliphatic rings. The van der Waals surface area contributed by atoms with Gasteiger partial charge in [0.15, 0.2) is 7.14 Å². The highest BCUT2D eigenvalue weighted by Gasteiger charge is 2.31. The Morgan fingerprint density at radius 3 is 1.39 bits per heavy atom. The molecule has 3 aromatic carbocycles. The lowest BCUT2D eigenvalue weighted by Crippen LogP contribution is -2.26. The average molecular weight is 394 g/mol. The van der Waals surface area contributed by atoms with Crippen molar-refractivity contribution in [3.05, 3.63) is 90.0 Å². The van der Waals surface area contributed by atoms with Crippen LogP contribution in [0.5, 0.6) is 0 Å². The Morgan fingerprint density at radius 1 is 0.643 bits per heavy atom. The average Bonchev–Trinajstić information content (AvgIpc) is 2.78. The first kappa shape index (κ1) is 19.6. The highest BCUT2D eigenvalue weighted by molar-refractivity contribution is 7.85. The predicted molar refractivity (Wildman–Crippen MR) is 109 cm³/mol. The van der Waals surface area contributed by atoms with E-state index in [4.69, 9.17) is 9.47 Å². The van der Waals surface area contributed by atoms with E-state index in [9.17, 15) is 14.2 Å². The topological polar surface area (TPSA) is 69.7 Å². The third kappa shape index (κ3) is 3.62. The first-order valence-corrected chi connectivity index (χ1v) is 10.2. The van der Waals surface area contributed by atoms with Gasteiger partial charge in [0.1, 0.15) is 0 Å². The van der Waals surface area contributed by atoms with Crippen molar-refractivity contribution in [3.63, 3.8) is 0 Å². The van der Waals surface area contributed by atoms with Crippen LogP contribution in [-0.4, -0.2) is 26.2 Å². The van der Waals surface area contributed by atoms with Crippen molar-refractivity contribution in [2.75, 3.05) is 14.2 Å². The van der Waals surface area contributed by atoms with Gasteiger partial charge in [0.25, 0.3) is 0 Å². The molecule has 0 fully saturated rings. The molecule has 0 aromatic heterocycles. The lowest BCUT2D eigenvalue weighted by molar-refractivity contribution is 0.0599. The van der Waals surface area contributed by atoms with E-state index in [-0.39, 0.29) is 11.1 Å². The predicted octanol–water partition coefficient (Wildman–Crippen LogP) is 2.90. The molecule has 0 amide bonds. The van der Waals surface area contributed by atoms with Gasteiger partial charge in [-0.3, -0.25) is 0 Å². The van der Waals surface area contributed by atoms with Crippen LogP contribution in [0, 0.1) is 0 Å². The van der Waals surface area contributed by atoms with Crippen molar-refractivity contribution < 1.29 is 23.6 Å². The minimum absolute atomic E-state index is 0.132. The van der Waals surface area contributed by atoms with Gasteiger partial charge in [-0.2, -0.15) is 0 Å². The molecule has 0 bridgehead atoms. The molecule has 28 heavy (non-hydrogen) atoms. The Labute approximate surface area is 163 Å². The van der Waals surface area contributed by atoms with Gasteiger partial charge in [0.2, 0.25) is 0 Å². The minimum Gasteiger partial charge on any atom is -0.465 e. The summed E-state index contributed by atoms with van der Waals surface area (Å²) in [7, 11) is -0.845. The molecule has 0 unspecified atom stereocenters. The summed E-state index contributed by atoms with van der Waals surface area (Å²) in [6.45, 7) is 0. The van der Waals surface area contributed by atoms with Gasteiger partial charge in [-0.15, -0.1) is 0 Å². The molecule has 0 radical (unpaired) electrons. The van der Waals surface area contributed by atoms with E-state index in [0.717, 1.165) is 0 Å². The van der Waals surface area contributed by atoms with E-state index in [1.165, 1.54) is 32.4 Å². The Bertz CT molecular complexity index is 967. The number of methoxy groups -OCH3 is 2. The molecule has 142 valence electrons. The van der Waals surface area contributed by atoms with E-state index in [1.54, 1.807) is 48.5 Å². The van der Waals surface area contributed by atoms with Crippen molar-refractivity contribution in [1.82, 2.24) is 0 Å². The summed E-state index contributed by atoms with van der Waals surface area (Å²) in [6, 6.07) is 22.4. The number of ether oxygens (including phenoxy) is 2. The molecule has 0 aliphatic carbocycles. The highest BCUT2D eigenvalue weighted by Crippen LogP contribution is 2.42. The smallest absolute Gasteiger partial charge is 0.337 e. The molecule has 0 aliphatic heterocycles. The number of hydrogen-bond donors (Lipinski definition) is 0. The second-order valence-electron chi connectivity index (χ2n) is 6.03. The quantitative estimate of drug-likeness (QED) is 0.492. The monoisotopic (exact) mass is 394 g/mol. The van der Waals surface area contributed by atoms with Gasteiger partial charge in [-0.05, 0) is 18.2 Å². The summed E-state index contributed by atoms with van der Waals surface area (Å²) in [6.07, 6.45) is 0. The number of carbonyl (C=O) groups excluding carboxylic acids is 2. The third-order valence-corrected chi connectivity index (χ3v) is 7.40. The summed E-state index contributed by atoms with van der Waals surface area (Å²) in [5.74, 6) is -1.25. The van der Waals surface area contributed by atoms with E-state index in [1.807, 2.05) is 12.1 Å². The molecule has 6 heteroatoms. The standard InChI is InChI=1S/C22H19O5P/c1-26-21(23)16-13-17(22(24)27-2)15-20(14-16)28(25,18-9-5-3-6-10-18)19-11-7-4-8-12-19/h3-15H,1-2H3. The number of rotatable bonds is 5. The van der Waals surface area contributed by atoms with Crippen molar-refractivity contribution in [3.8, 4) is 0 Å². The van der Waals surface area contributed by atoms with Crippen LogP contribution >= 0.6 is 7.14 Å². The summed E-state index contributed by atoms with van der Waals surface area (Å²) < 4.78 is 24.0. The number of carbonyl (C=O) groups is 2. The van der Waals surface area contributed by atoms with Crippen LogP contribution < -0.4 is 15.9 Å². The summed E-state index contributed by atoms with van der Waals surface area (Å²) in [5, 5.41) is 1.55. The van der Waals surface area contributed by atoms with Gasteiger partial charge < -0.3 is 14.0 Å². The van der Waals surface area contributed by atoms with E-state index in [2.05, 4.69) is 0 Å². The SMILES string of the molecule is COC(=O)c1cc(C(=O)OC)cc(P(=O)(c2ccccc2)c2ccccc2)c1. The molecule has 0 saturated heterocycles. The Morgan fingerprint density at radius 2 is 1.04 bits per heavy atom. The van der Waals surface area contributed by atoms with Crippen molar-refractivity contribution in [1.29, 1.82) is 0 Å². The molecule has 0 N–H and O–H groups in total. The Hall–Kier alpha value is -3.17. The van der Waals surface area contributed by atoms with Gasteiger partial charge in [0.05, 0.1) is 25.3 Å². The zero-order valence-electron chi connectivity index (χ0n) is 15.5. The van der Waals surface area contributed by atoms with Crippen LogP contribution in [0.2, 0.25) is 0 Å². The van der Waals surface area contributed by atoms with Crippen molar-refractivity contribution in [2.24, 2.45) is 0 Å². The number of esters is 2. The summed E-state index contributed by atoms with van der Waals surface area (Å²) in [4.78, 5) is 24.3. The van der Waals surface area contributed by atoms with Gasteiger partial charge in [-0.25, -0.2) is 9.59 Å². The fourth-order valence-corrected chi connectivity index (χ4v) is 5.71. The molecule has 0 saturated carbocycles. The van der Waals surface area contributed by atoms with Crippen LogP contribution in [0.4, 0.5) is 0 Å². The highest BCUT2D eigenvalue weighted by atomic mass is 31.2. The zero-order chi connectivity index (χ0) is 20.1. The minimum atomic E-state index is -3.35. The van der Waals surface area contributed by atoms with Crippen LogP contribution in [0.3, 0.4) is 0 Å². The van der Waals surface area contributed by atoms with Crippen molar-refractivity contribution in [2.45, 2.75) is 0 Å². The molecule has 5 nitrogen and oxygen atoms in total. The molecule has 0 atom stereocenters. The molecule has 3 rings (SSSR count). The molecular weight excluding hydrogens is 375 g/mol. The second-order valence-corrected chi connectivity index (χ2v) is 8.80. The molecule has 0 spiro atoms. The van der Waals surface area contributed by atoms with E-state index >= 15 is 0 Å². The van der Waals surface area contributed by atoms with Crippen LogP contribution in [-0.2, 0) is 14.0 Å². The molecule has 0 heterocycles. The first-order chi connectivity index (χ1) is 13.5. The van der Waals surface area contributed by atoms with Crippen LogP contribution in [0.25, 0.3) is 0 Å². The van der Waals surface area contributed by atoms with Crippen LogP contribution in [0.15, 0.2) is 78.9 Å². The maximum Gasteiger partial charge on any atom is 0.337 e. The Kier molecular flexibility index (Phi) is 5.76. The summed E-state index contributed by atoms with van der Waals surface area (Å²) in [5.41, 5.74) is 0.264. The fourth-order valence-electron chi connectivity index (χ4n) is 2.99. The summed E-state index contributed by atoms with van der Waals surface area (Å²) >= 11 is 0. The fraction of sp³-hybridized carbons (Fsp3) is 0.0909. The van der Waals surface area contributed by atoms with Gasteiger partial charge in [0, 0.05) is 15.9 Å². The molecule has 3 aromatic rings. The van der Waals surface area contributed by atoms with Crippen molar-refractivity contribution >= 4 is 35.0 Å². The van der Waals surface area contributed by atoms with Gasteiger partial charge in [-0.1, -0.05) is 60.7 Å². The zero-order valence-corrected chi connectivity index (χ0v) is 16.4.